The molecule has 0 bridgehead atoms. The summed E-state index contributed by atoms with van der Waals surface area (Å²) in [5, 5.41) is 0. The molecule has 0 spiro atoms. The summed E-state index contributed by atoms with van der Waals surface area (Å²) in [6, 6.07) is 5.89. The van der Waals surface area contributed by atoms with E-state index >= 15 is 0 Å². The molecule has 2 rings (SSSR count). The van der Waals surface area contributed by atoms with Crippen LogP contribution in [-0.4, -0.2) is 19.3 Å². The molecule has 3 nitrogen and oxygen atoms in total. The van der Waals surface area contributed by atoms with Crippen molar-refractivity contribution in [2.24, 2.45) is 5.73 Å². The average Bonchev–Trinajstić information content (AvgIpc) is 2.37. The van der Waals surface area contributed by atoms with Gasteiger partial charge in [-0.3, -0.25) is 0 Å². The van der Waals surface area contributed by atoms with Crippen LogP contribution in [0.25, 0.3) is 0 Å². The van der Waals surface area contributed by atoms with Crippen LogP contribution in [0, 0.1) is 0 Å². The fourth-order valence-corrected chi connectivity index (χ4v) is 2.50. The first-order valence-electron chi connectivity index (χ1n) is 6.03. The Morgan fingerprint density at radius 1 is 1.41 bits per heavy atom. The van der Waals surface area contributed by atoms with Crippen LogP contribution in [0.2, 0.25) is 0 Å². The van der Waals surface area contributed by atoms with Crippen LogP contribution in [-0.2, 0) is 11.3 Å². The molecule has 1 atom stereocenters. The Hall–Kier alpha value is -0.580. The summed E-state index contributed by atoms with van der Waals surface area (Å²) in [5.41, 5.74) is 6.74. The lowest BCUT2D eigenvalue weighted by molar-refractivity contribution is -0.0112. The van der Waals surface area contributed by atoms with Crippen LogP contribution in [0.1, 0.15) is 24.8 Å². The molecule has 1 saturated heterocycles. The van der Waals surface area contributed by atoms with Crippen LogP contribution in [0.3, 0.4) is 0 Å². The zero-order valence-electron chi connectivity index (χ0n) is 9.82. The molecule has 0 amide bonds. The molecule has 1 unspecified atom stereocenters. The normalized spacial score (nSPS) is 20.2. The predicted molar refractivity (Wildman–Crippen MR) is 71.1 cm³/mol. The molecule has 1 heterocycles. The van der Waals surface area contributed by atoms with Crippen molar-refractivity contribution in [2.45, 2.75) is 31.9 Å². The number of hydrogen-bond donors (Lipinski definition) is 1. The number of halogens is 1. The lowest BCUT2D eigenvalue weighted by atomic mass is 10.1. The van der Waals surface area contributed by atoms with E-state index in [1.807, 2.05) is 18.2 Å². The molecule has 4 heteroatoms. The summed E-state index contributed by atoms with van der Waals surface area (Å²) in [6.45, 7) is 1.95. The standard InChI is InChI=1S/C13H18BrNO2/c14-12-5-3-6-13(11(12)8-15)17-9-10-4-1-2-7-16-10/h3,5-6,10H,1-2,4,7-9,15H2. The van der Waals surface area contributed by atoms with Crippen molar-refractivity contribution in [3.63, 3.8) is 0 Å². The maximum absolute atomic E-state index is 5.81. The van der Waals surface area contributed by atoms with Crippen molar-refractivity contribution in [3.05, 3.63) is 28.2 Å². The van der Waals surface area contributed by atoms with Crippen LogP contribution in [0.5, 0.6) is 5.75 Å². The number of hydrogen-bond acceptors (Lipinski definition) is 3. The molecule has 1 fully saturated rings. The molecular formula is C13H18BrNO2. The Labute approximate surface area is 110 Å². The molecule has 0 saturated carbocycles. The second-order valence-electron chi connectivity index (χ2n) is 4.22. The molecule has 17 heavy (non-hydrogen) atoms. The Kier molecular flexibility index (Phi) is 4.83. The van der Waals surface area contributed by atoms with Gasteiger partial charge in [0, 0.05) is 23.2 Å². The minimum Gasteiger partial charge on any atom is -0.491 e. The quantitative estimate of drug-likeness (QED) is 0.930. The third-order valence-electron chi connectivity index (χ3n) is 2.98. The zero-order valence-corrected chi connectivity index (χ0v) is 11.4. The van der Waals surface area contributed by atoms with Gasteiger partial charge in [0.05, 0.1) is 6.10 Å². The summed E-state index contributed by atoms with van der Waals surface area (Å²) in [4.78, 5) is 0. The van der Waals surface area contributed by atoms with Gasteiger partial charge in [0.25, 0.3) is 0 Å². The van der Waals surface area contributed by atoms with Gasteiger partial charge >= 0.3 is 0 Å². The lowest BCUT2D eigenvalue weighted by Crippen LogP contribution is -2.26. The second kappa shape index (κ2) is 6.38. The molecule has 94 valence electrons. The van der Waals surface area contributed by atoms with E-state index in [0.717, 1.165) is 28.8 Å². The molecule has 0 aliphatic carbocycles. The van der Waals surface area contributed by atoms with Crippen LogP contribution in [0.15, 0.2) is 22.7 Å². The van der Waals surface area contributed by atoms with Crippen molar-refractivity contribution < 1.29 is 9.47 Å². The first kappa shape index (κ1) is 12.9. The first-order chi connectivity index (χ1) is 8.31. The fourth-order valence-electron chi connectivity index (χ4n) is 1.99. The van der Waals surface area contributed by atoms with Crippen molar-refractivity contribution in [3.8, 4) is 5.75 Å². The maximum atomic E-state index is 5.81. The SMILES string of the molecule is NCc1c(Br)cccc1OCC1CCCCO1. The number of ether oxygens (including phenoxy) is 2. The van der Waals surface area contributed by atoms with Crippen molar-refractivity contribution in [2.75, 3.05) is 13.2 Å². The maximum Gasteiger partial charge on any atom is 0.125 e. The van der Waals surface area contributed by atoms with Crippen LogP contribution < -0.4 is 10.5 Å². The molecular weight excluding hydrogens is 282 g/mol. The topological polar surface area (TPSA) is 44.5 Å². The number of benzene rings is 1. The number of nitrogens with two attached hydrogens (primary N) is 1. The molecule has 2 N–H and O–H groups in total. The fraction of sp³-hybridized carbons (Fsp3) is 0.538. The minimum absolute atomic E-state index is 0.230. The van der Waals surface area contributed by atoms with Gasteiger partial charge in [-0.15, -0.1) is 0 Å². The summed E-state index contributed by atoms with van der Waals surface area (Å²) >= 11 is 3.48. The molecule has 0 aromatic heterocycles. The highest BCUT2D eigenvalue weighted by Crippen LogP contribution is 2.27. The summed E-state index contributed by atoms with van der Waals surface area (Å²) in [5.74, 6) is 0.857. The third-order valence-corrected chi connectivity index (χ3v) is 3.72. The van der Waals surface area contributed by atoms with Gasteiger partial charge in [-0.25, -0.2) is 0 Å². The predicted octanol–water partition coefficient (Wildman–Crippen LogP) is 2.86. The Morgan fingerprint density at radius 3 is 3.00 bits per heavy atom. The van der Waals surface area contributed by atoms with Gasteiger partial charge < -0.3 is 15.2 Å². The van der Waals surface area contributed by atoms with Crippen LogP contribution in [0.4, 0.5) is 0 Å². The van der Waals surface area contributed by atoms with Crippen LogP contribution >= 0.6 is 15.9 Å². The number of rotatable bonds is 4. The molecule has 1 aromatic carbocycles. The first-order valence-corrected chi connectivity index (χ1v) is 6.82. The highest BCUT2D eigenvalue weighted by atomic mass is 79.9. The van der Waals surface area contributed by atoms with Gasteiger partial charge in [-0.05, 0) is 31.4 Å². The van der Waals surface area contributed by atoms with Crippen molar-refractivity contribution in [1.82, 2.24) is 0 Å². The molecule has 0 radical (unpaired) electrons. The highest BCUT2D eigenvalue weighted by Gasteiger charge is 2.15. The monoisotopic (exact) mass is 299 g/mol. The average molecular weight is 300 g/mol. The highest BCUT2D eigenvalue weighted by molar-refractivity contribution is 9.10. The van der Waals surface area contributed by atoms with Crippen molar-refractivity contribution in [1.29, 1.82) is 0 Å². The van der Waals surface area contributed by atoms with Crippen molar-refractivity contribution >= 4 is 15.9 Å². The second-order valence-corrected chi connectivity index (χ2v) is 5.07. The minimum atomic E-state index is 0.230. The Morgan fingerprint density at radius 2 is 2.29 bits per heavy atom. The third kappa shape index (κ3) is 3.44. The van der Waals surface area contributed by atoms with E-state index in [0.29, 0.717) is 13.2 Å². The summed E-state index contributed by atoms with van der Waals surface area (Å²) in [7, 11) is 0. The smallest absolute Gasteiger partial charge is 0.125 e. The zero-order chi connectivity index (χ0) is 12.1. The molecule has 1 aromatic rings. The summed E-state index contributed by atoms with van der Waals surface area (Å²) in [6.07, 6.45) is 3.72. The van der Waals surface area contributed by atoms with E-state index in [2.05, 4.69) is 15.9 Å². The van der Waals surface area contributed by atoms with Gasteiger partial charge in [-0.2, -0.15) is 0 Å². The molecule has 1 aliphatic rings. The van der Waals surface area contributed by atoms with Gasteiger partial charge in [0.1, 0.15) is 12.4 Å². The lowest BCUT2D eigenvalue weighted by Gasteiger charge is -2.23. The largest absolute Gasteiger partial charge is 0.491 e. The van der Waals surface area contributed by atoms with Gasteiger partial charge in [0.2, 0.25) is 0 Å². The Balaban J connectivity index is 1.95. The molecule has 1 aliphatic heterocycles. The van der Waals surface area contributed by atoms with Gasteiger partial charge in [-0.1, -0.05) is 22.0 Å². The van der Waals surface area contributed by atoms with E-state index in [1.165, 1.54) is 12.8 Å². The van der Waals surface area contributed by atoms with E-state index in [1.54, 1.807) is 0 Å². The van der Waals surface area contributed by atoms with E-state index in [4.69, 9.17) is 15.2 Å². The Bertz CT molecular complexity index is 364. The van der Waals surface area contributed by atoms with E-state index in [-0.39, 0.29) is 6.10 Å². The van der Waals surface area contributed by atoms with Gasteiger partial charge in [0.15, 0.2) is 0 Å². The van der Waals surface area contributed by atoms with E-state index < -0.39 is 0 Å². The summed E-state index contributed by atoms with van der Waals surface area (Å²) < 4.78 is 12.5. The van der Waals surface area contributed by atoms with E-state index in [9.17, 15) is 0 Å².